The van der Waals surface area contributed by atoms with Gasteiger partial charge in [0.25, 0.3) is 0 Å². The van der Waals surface area contributed by atoms with Crippen LogP contribution >= 0.6 is 11.8 Å². The third-order valence-corrected chi connectivity index (χ3v) is 3.01. The van der Waals surface area contributed by atoms with E-state index in [4.69, 9.17) is 15.3 Å². The van der Waals surface area contributed by atoms with Crippen molar-refractivity contribution in [1.29, 1.82) is 0 Å². The molecular formula is C11H18N2O2S. The van der Waals surface area contributed by atoms with E-state index in [1.807, 2.05) is 24.5 Å². The Morgan fingerprint density at radius 1 is 1.38 bits per heavy atom. The van der Waals surface area contributed by atoms with E-state index in [0.29, 0.717) is 0 Å². The summed E-state index contributed by atoms with van der Waals surface area (Å²) in [5, 5.41) is 0. The van der Waals surface area contributed by atoms with Gasteiger partial charge in [-0.05, 0) is 24.5 Å². The number of hydrogen-bond acceptors (Lipinski definition) is 5. The molecule has 1 aromatic carbocycles. The van der Waals surface area contributed by atoms with E-state index in [-0.39, 0.29) is 6.04 Å². The highest BCUT2D eigenvalue weighted by atomic mass is 32.2. The third kappa shape index (κ3) is 3.04. The van der Waals surface area contributed by atoms with E-state index in [0.717, 1.165) is 22.8 Å². The second kappa shape index (κ2) is 6.62. The predicted molar refractivity (Wildman–Crippen MR) is 68.0 cm³/mol. The number of hydrazine groups is 1. The first-order valence-corrected chi connectivity index (χ1v) is 6.33. The summed E-state index contributed by atoms with van der Waals surface area (Å²) in [4.78, 5) is 0. The fourth-order valence-electron chi connectivity index (χ4n) is 1.51. The van der Waals surface area contributed by atoms with Gasteiger partial charge in [0, 0.05) is 11.3 Å². The Labute approximate surface area is 100 Å². The van der Waals surface area contributed by atoms with E-state index in [1.54, 1.807) is 26.0 Å². The normalized spacial score (nSPS) is 12.2. The van der Waals surface area contributed by atoms with Gasteiger partial charge in [-0.25, -0.2) is 0 Å². The fraction of sp³-hybridized carbons (Fsp3) is 0.455. The average molecular weight is 242 g/mol. The summed E-state index contributed by atoms with van der Waals surface area (Å²) >= 11 is 1.72. The lowest BCUT2D eigenvalue weighted by molar-refractivity contribution is 0.393. The summed E-state index contributed by atoms with van der Waals surface area (Å²) in [5.74, 6) is 8.04. The summed E-state index contributed by atoms with van der Waals surface area (Å²) in [7, 11) is 3.29. The molecule has 4 nitrogen and oxygen atoms in total. The number of hydrogen-bond donors (Lipinski definition) is 2. The van der Waals surface area contributed by atoms with E-state index < -0.39 is 0 Å². The molecule has 90 valence electrons. The maximum atomic E-state index is 5.55. The number of ether oxygens (including phenoxy) is 2. The third-order valence-electron chi connectivity index (χ3n) is 2.35. The molecule has 0 radical (unpaired) electrons. The van der Waals surface area contributed by atoms with Crippen LogP contribution in [0.5, 0.6) is 11.5 Å². The molecule has 0 aliphatic rings. The zero-order chi connectivity index (χ0) is 12.0. The van der Waals surface area contributed by atoms with Crippen molar-refractivity contribution < 1.29 is 9.47 Å². The van der Waals surface area contributed by atoms with Crippen LogP contribution in [0.1, 0.15) is 11.6 Å². The minimum Gasteiger partial charge on any atom is -0.497 e. The summed E-state index contributed by atoms with van der Waals surface area (Å²) < 4.78 is 10.5. The van der Waals surface area contributed by atoms with E-state index in [9.17, 15) is 0 Å². The van der Waals surface area contributed by atoms with Crippen LogP contribution in [0.4, 0.5) is 0 Å². The Balaban J connectivity index is 3.05. The van der Waals surface area contributed by atoms with Crippen molar-refractivity contribution >= 4 is 11.8 Å². The van der Waals surface area contributed by atoms with Crippen LogP contribution in [0.3, 0.4) is 0 Å². The Bertz CT molecular complexity index is 334. The highest BCUT2D eigenvalue weighted by molar-refractivity contribution is 7.98. The molecule has 1 atom stereocenters. The quantitative estimate of drug-likeness (QED) is 0.586. The lowest BCUT2D eigenvalue weighted by Gasteiger charge is -2.18. The van der Waals surface area contributed by atoms with Crippen LogP contribution in [-0.2, 0) is 0 Å². The second-order valence-electron chi connectivity index (χ2n) is 3.28. The van der Waals surface area contributed by atoms with Crippen molar-refractivity contribution in [2.45, 2.75) is 6.04 Å². The van der Waals surface area contributed by atoms with Crippen molar-refractivity contribution in [3.63, 3.8) is 0 Å². The lowest BCUT2D eigenvalue weighted by atomic mass is 10.1. The molecule has 0 bridgehead atoms. The Hall–Kier alpha value is -0.910. The standard InChI is InChI=1S/C11H18N2O2S/c1-14-8-4-5-11(15-2)9(6-8)10(13-12)7-16-3/h4-6,10,13H,7,12H2,1-3H3. The number of benzene rings is 1. The first kappa shape index (κ1) is 13.2. The number of rotatable bonds is 6. The van der Waals surface area contributed by atoms with E-state index >= 15 is 0 Å². The van der Waals surface area contributed by atoms with Crippen molar-refractivity contribution in [3.05, 3.63) is 23.8 Å². The zero-order valence-corrected chi connectivity index (χ0v) is 10.6. The minimum absolute atomic E-state index is 0.0556. The fourth-order valence-corrected chi connectivity index (χ4v) is 2.12. The molecule has 1 unspecified atom stereocenters. The van der Waals surface area contributed by atoms with Crippen molar-refractivity contribution in [3.8, 4) is 11.5 Å². The molecule has 3 N–H and O–H groups in total. The van der Waals surface area contributed by atoms with Crippen molar-refractivity contribution in [1.82, 2.24) is 5.43 Å². The molecule has 0 aromatic heterocycles. The van der Waals surface area contributed by atoms with Gasteiger partial charge < -0.3 is 9.47 Å². The van der Waals surface area contributed by atoms with Gasteiger partial charge in [0.1, 0.15) is 11.5 Å². The number of methoxy groups -OCH3 is 2. The molecule has 0 saturated heterocycles. The lowest BCUT2D eigenvalue weighted by Crippen LogP contribution is -2.30. The number of nitrogens with one attached hydrogen (secondary N) is 1. The second-order valence-corrected chi connectivity index (χ2v) is 4.19. The first-order chi connectivity index (χ1) is 7.76. The molecule has 0 saturated carbocycles. The SMILES string of the molecule is COc1ccc(OC)c(C(CSC)NN)c1. The molecule has 0 aliphatic heterocycles. The molecule has 0 aliphatic carbocycles. The molecule has 0 spiro atoms. The van der Waals surface area contributed by atoms with Gasteiger partial charge in [-0.3, -0.25) is 11.3 Å². The van der Waals surface area contributed by atoms with Gasteiger partial charge in [-0.2, -0.15) is 11.8 Å². The van der Waals surface area contributed by atoms with Gasteiger partial charge in [0.05, 0.1) is 20.3 Å². The van der Waals surface area contributed by atoms with E-state index in [2.05, 4.69) is 5.43 Å². The number of thioether (sulfide) groups is 1. The molecule has 0 heterocycles. The molecule has 1 rings (SSSR count). The van der Waals surface area contributed by atoms with Crippen molar-refractivity contribution in [2.75, 3.05) is 26.2 Å². The maximum Gasteiger partial charge on any atom is 0.123 e. The van der Waals surface area contributed by atoms with Crippen LogP contribution in [0.25, 0.3) is 0 Å². The van der Waals surface area contributed by atoms with Crippen molar-refractivity contribution in [2.24, 2.45) is 5.84 Å². The Kier molecular flexibility index (Phi) is 5.45. The van der Waals surface area contributed by atoms with Gasteiger partial charge in [-0.1, -0.05) is 0 Å². The van der Waals surface area contributed by atoms with Gasteiger partial charge in [0.2, 0.25) is 0 Å². The van der Waals surface area contributed by atoms with Crippen LogP contribution in [0, 0.1) is 0 Å². The molecular weight excluding hydrogens is 224 g/mol. The Morgan fingerprint density at radius 2 is 2.12 bits per heavy atom. The van der Waals surface area contributed by atoms with Crippen LogP contribution in [-0.4, -0.2) is 26.2 Å². The van der Waals surface area contributed by atoms with Gasteiger partial charge in [-0.15, -0.1) is 0 Å². The maximum absolute atomic E-state index is 5.55. The summed E-state index contributed by atoms with van der Waals surface area (Å²) in [6.07, 6.45) is 2.04. The zero-order valence-electron chi connectivity index (χ0n) is 9.82. The van der Waals surface area contributed by atoms with Crippen LogP contribution in [0.2, 0.25) is 0 Å². The highest BCUT2D eigenvalue weighted by Gasteiger charge is 2.15. The monoisotopic (exact) mass is 242 g/mol. The molecule has 0 fully saturated rings. The predicted octanol–water partition coefficient (Wildman–Crippen LogP) is 1.57. The average Bonchev–Trinajstić information content (AvgIpc) is 2.35. The first-order valence-electron chi connectivity index (χ1n) is 4.93. The summed E-state index contributed by atoms with van der Waals surface area (Å²) in [6, 6.07) is 5.76. The topological polar surface area (TPSA) is 56.5 Å². The molecule has 0 amide bonds. The van der Waals surface area contributed by atoms with Crippen LogP contribution in [0.15, 0.2) is 18.2 Å². The minimum atomic E-state index is 0.0556. The summed E-state index contributed by atoms with van der Waals surface area (Å²) in [6.45, 7) is 0. The van der Waals surface area contributed by atoms with Crippen LogP contribution < -0.4 is 20.7 Å². The number of nitrogens with two attached hydrogens (primary N) is 1. The largest absolute Gasteiger partial charge is 0.497 e. The van der Waals surface area contributed by atoms with Gasteiger partial charge in [0.15, 0.2) is 0 Å². The molecule has 16 heavy (non-hydrogen) atoms. The van der Waals surface area contributed by atoms with Gasteiger partial charge >= 0.3 is 0 Å². The highest BCUT2D eigenvalue weighted by Crippen LogP contribution is 2.30. The van der Waals surface area contributed by atoms with E-state index in [1.165, 1.54) is 0 Å². The Morgan fingerprint density at radius 3 is 2.62 bits per heavy atom. The summed E-state index contributed by atoms with van der Waals surface area (Å²) in [5.41, 5.74) is 3.80. The molecule has 1 aromatic rings. The smallest absolute Gasteiger partial charge is 0.123 e. The molecule has 5 heteroatoms.